The Bertz CT molecular complexity index is 1090. The van der Waals surface area contributed by atoms with E-state index in [9.17, 15) is 9.59 Å². The van der Waals surface area contributed by atoms with Gasteiger partial charge < -0.3 is 19.4 Å². The van der Waals surface area contributed by atoms with Crippen LogP contribution in [0, 0.1) is 6.92 Å². The van der Waals surface area contributed by atoms with Crippen LogP contribution in [0.2, 0.25) is 0 Å². The molecule has 2 heterocycles. The van der Waals surface area contributed by atoms with Crippen LogP contribution >= 0.6 is 0 Å². The summed E-state index contributed by atoms with van der Waals surface area (Å²) >= 11 is 0. The van der Waals surface area contributed by atoms with E-state index in [4.69, 9.17) is 9.47 Å². The number of nitrogens with zero attached hydrogens (tertiary/aromatic N) is 1. The van der Waals surface area contributed by atoms with Gasteiger partial charge >= 0.3 is 0 Å². The summed E-state index contributed by atoms with van der Waals surface area (Å²) in [6.07, 6.45) is 1.43. The van der Waals surface area contributed by atoms with E-state index in [1.54, 1.807) is 4.57 Å². The minimum Gasteiger partial charge on any atom is -0.454 e. The second-order valence-corrected chi connectivity index (χ2v) is 6.97. The molecule has 29 heavy (non-hydrogen) atoms. The first-order valence-corrected chi connectivity index (χ1v) is 9.51. The lowest BCUT2D eigenvalue weighted by Crippen LogP contribution is -2.27. The average Bonchev–Trinajstić information content (AvgIpc) is 3.20. The Morgan fingerprint density at radius 1 is 1.03 bits per heavy atom. The fourth-order valence-corrected chi connectivity index (χ4v) is 3.45. The zero-order valence-corrected chi connectivity index (χ0v) is 16.2. The molecule has 6 nitrogen and oxygen atoms in total. The quantitative estimate of drug-likeness (QED) is 0.626. The number of nitrogens with one attached hydrogen (secondary N) is 1. The van der Waals surface area contributed by atoms with E-state index in [-0.39, 0.29) is 17.9 Å². The minimum atomic E-state index is -0.306. The van der Waals surface area contributed by atoms with Gasteiger partial charge in [-0.2, -0.15) is 0 Å². The molecule has 0 bridgehead atoms. The lowest BCUT2D eigenvalue weighted by Gasteiger charge is -2.15. The number of benzene rings is 2. The van der Waals surface area contributed by atoms with Crippen LogP contribution in [0.1, 0.15) is 27.2 Å². The highest BCUT2D eigenvalue weighted by Gasteiger charge is 2.16. The zero-order chi connectivity index (χ0) is 20.2. The highest BCUT2D eigenvalue weighted by atomic mass is 16.7. The van der Waals surface area contributed by atoms with Crippen LogP contribution in [0.4, 0.5) is 5.69 Å². The molecule has 0 saturated heterocycles. The molecular weight excluding hydrogens is 368 g/mol. The van der Waals surface area contributed by atoms with E-state index < -0.39 is 0 Å². The van der Waals surface area contributed by atoms with Crippen molar-refractivity contribution < 1.29 is 14.3 Å². The van der Waals surface area contributed by atoms with Crippen molar-refractivity contribution in [3.63, 3.8) is 0 Å². The van der Waals surface area contributed by atoms with Gasteiger partial charge in [0.25, 0.3) is 5.56 Å². The lowest BCUT2D eigenvalue weighted by molar-refractivity contribution is 0.112. The molecule has 0 aliphatic carbocycles. The van der Waals surface area contributed by atoms with E-state index in [0.717, 1.165) is 17.7 Å². The lowest BCUT2D eigenvalue weighted by atomic mass is 10.1. The molecule has 1 N–H and O–H groups in total. The van der Waals surface area contributed by atoms with Crippen molar-refractivity contribution in [2.45, 2.75) is 19.9 Å². The maximum atomic E-state index is 12.9. The normalized spacial score (nSPS) is 12.0. The molecule has 4 rings (SSSR count). The number of ether oxygens (including phenoxy) is 2. The van der Waals surface area contributed by atoms with Crippen molar-refractivity contribution in [2.75, 3.05) is 18.7 Å². The summed E-state index contributed by atoms with van der Waals surface area (Å²) in [5, 5.41) is 3.24. The van der Waals surface area contributed by atoms with Crippen molar-refractivity contribution >= 4 is 12.0 Å². The van der Waals surface area contributed by atoms with E-state index in [1.165, 1.54) is 5.56 Å². The first kappa shape index (κ1) is 18.8. The number of fused-ring (bicyclic) bond motifs is 1. The Labute approximate surface area is 168 Å². The van der Waals surface area contributed by atoms with Crippen LogP contribution in [0.3, 0.4) is 0 Å². The predicted octanol–water partition coefficient (Wildman–Crippen LogP) is 3.40. The number of anilines is 1. The van der Waals surface area contributed by atoms with Crippen LogP contribution in [0.25, 0.3) is 0 Å². The van der Waals surface area contributed by atoms with E-state index in [0.29, 0.717) is 36.6 Å². The van der Waals surface area contributed by atoms with Crippen LogP contribution in [-0.2, 0) is 13.0 Å². The number of carbonyl (C=O) groups excluding carboxylic acids is 1. The molecule has 0 amide bonds. The number of hydrogen-bond donors (Lipinski definition) is 1. The molecule has 0 unspecified atom stereocenters. The van der Waals surface area contributed by atoms with E-state index in [1.807, 2.05) is 49.4 Å². The van der Waals surface area contributed by atoms with Crippen molar-refractivity contribution in [2.24, 2.45) is 0 Å². The van der Waals surface area contributed by atoms with Crippen LogP contribution in [0.15, 0.2) is 59.4 Å². The van der Waals surface area contributed by atoms with Gasteiger partial charge in [-0.25, -0.2) is 0 Å². The third kappa shape index (κ3) is 4.01. The van der Waals surface area contributed by atoms with Gasteiger partial charge in [0, 0.05) is 12.2 Å². The number of carbonyl (C=O) groups is 1. The summed E-state index contributed by atoms with van der Waals surface area (Å²) in [4.78, 5) is 24.6. The molecule has 3 aromatic rings. The number of rotatable bonds is 7. The summed E-state index contributed by atoms with van der Waals surface area (Å²) in [5.41, 5.74) is 3.28. The summed E-state index contributed by atoms with van der Waals surface area (Å²) in [6.45, 7) is 3.06. The largest absolute Gasteiger partial charge is 0.454 e. The standard InChI is InChI=1S/C23H22N2O4/c1-16-11-20(24-10-9-17-5-3-2-4-6-17)19(14-26)23(27)25(16)13-18-7-8-21-22(12-18)29-15-28-21/h2-8,11-12,14,24H,9-10,13,15H2,1H3. The third-order valence-electron chi connectivity index (χ3n) is 5.01. The summed E-state index contributed by atoms with van der Waals surface area (Å²) in [7, 11) is 0. The van der Waals surface area contributed by atoms with Gasteiger partial charge in [-0.3, -0.25) is 9.59 Å². The average molecular weight is 390 g/mol. The number of pyridine rings is 1. The van der Waals surface area contributed by atoms with Gasteiger partial charge in [0.05, 0.1) is 12.2 Å². The molecule has 2 aromatic carbocycles. The second kappa shape index (κ2) is 8.22. The van der Waals surface area contributed by atoms with Gasteiger partial charge in [0.1, 0.15) is 5.56 Å². The highest BCUT2D eigenvalue weighted by Crippen LogP contribution is 2.32. The zero-order valence-electron chi connectivity index (χ0n) is 16.2. The molecule has 0 atom stereocenters. The SMILES string of the molecule is Cc1cc(NCCc2ccccc2)c(C=O)c(=O)n1Cc1ccc2c(c1)OCO2. The molecule has 0 saturated carbocycles. The Balaban J connectivity index is 1.55. The molecule has 0 fully saturated rings. The second-order valence-electron chi connectivity index (χ2n) is 6.97. The molecular formula is C23H22N2O4. The summed E-state index contributed by atoms with van der Waals surface area (Å²) < 4.78 is 12.3. The van der Waals surface area contributed by atoms with Crippen molar-refractivity contribution in [3.05, 3.63) is 87.3 Å². The number of aldehydes is 1. The van der Waals surface area contributed by atoms with Gasteiger partial charge in [-0.1, -0.05) is 36.4 Å². The van der Waals surface area contributed by atoms with Crippen molar-refractivity contribution in [1.29, 1.82) is 0 Å². The van der Waals surface area contributed by atoms with Crippen molar-refractivity contribution in [3.8, 4) is 11.5 Å². The monoisotopic (exact) mass is 390 g/mol. The van der Waals surface area contributed by atoms with Gasteiger partial charge in [0.15, 0.2) is 17.8 Å². The third-order valence-corrected chi connectivity index (χ3v) is 5.01. The van der Waals surface area contributed by atoms with E-state index >= 15 is 0 Å². The smallest absolute Gasteiger partial charge is 0.263 e. The number of hydrogen-bond acceptors (Lipinski definition) is 5. The Morgan fingerprint density at radius 3 is 2.62 bits per heavy atom. The molecule has 6 heteroatoms. The first-order chi connectivity index (χ1) is 14.2. The van der Waals surface area contributed by atoms with Gasteiger partial charge in [0.2, 0.25) is 6.79 Å². The predicted molar refractivity (Wildman–Crippen MR) is 111 cm³/mol. The van der Waals surface area contributed by atoms with E-state index in [2.05, 4.69) is 17.4 Å². The highest BCUT2D eigenvalue weighted by molar-refractivity contribution is 5.83. The van der Waals surface area contributed by atoms with Gasteiger partial charge in [-0.05, 0) is 42.7 Å². The summed E-state index contributed by atoms with van der Waals surface area (Å²) in [5.74, 6) is 1.37. The van der Waals surface area contributed by atoms with Crippen LogP contribution < -0.4 is 20.3 Å². The molecule has 148 valence electrons. The molecule has 0 spiro atoms. The molecule has 1 aliphatic heterocycles. The van der Waals surface area contributed by atoms with Gasteiger partial charge in [-0.15, -0.1) is 0 Å². The molecule has 1 aromatic heterocycles. The molecule has 0 radical (unpaired) electrons. The summed E-state index contributed by atoms with van der Waals surface area (Å²) in [6, 6.07) is 17.5. The first-order valence-electron chi connectivity index (χ1n) is 9.51. The maximum absolute atomic E-state index is 12.9. The number of aromatic nitrogens is 1. The maximum Gasteiger partial charge on any atom is 0.263 e. The Hall–Kier alpha value is -3.54. The Kier molecular flexibility index (Phi) is 5.33. The van der Waals surface area contributed by atoms with Crippen LogP contribution in [-0.4, -0.2) is 24.2 Å². The van der Waals surface area contributed by atoms with Crippen LogP contribution in [0.5, 0.6) is 11.5 Å². The topological polar surface area (TPSA) is 69.6 Å². The number of aryl methyl sites for hydroxylation is 1. The molecule has 1 aliphatic rings. The fraction of sp³-hybridized carbons (Fsp3) is 0.217. The van der Waals surface area contributed by atoms with Crippen molar-refractivity contribution in [1.82, 2.24) is 4.57 Å². The minimum absolute atomic E-state index is 0.143. The Morgan fingerprint density at radius 2 is 1.83 bits per heavy atom. The fourth-order valence-electron chi connectivity index (χ4n) is 3.45.